The van der Waals surface area contributed by atoms with Gasteiger partial charge in [0.05, 0.1) is 31.1 Å². The lowest BCUT2D eigenvalue weighted by Crippen LogP contribution is -2.40. The zero-order valence-corrected chi connectivity index (χ0v) is 18.0. The molecule has 0 unspecified atom stereocenters. The van der Waals surface area contributed by atoms with Crippen molar-refractivity contribution in [1.29, 1.82) is 0 Å². The summed E-state index contributed by atoms with van der Waals surface area (Å²) in [6, 6.07) is 16.2. The van der Waals surface area contributed by atoms with Gasteiger partial charge in [0.15, 0.2) is 0 Å². The van der Waals surface area contributed by atoms with Crippen molar-refractivity contribution in [2.24, 2.45) is 0 Å². The van der Waals surface area contributed by atoms with E-state index in [1.807, 2.05) is 37.3 Å². The van der Waals surface area contributed by atoms with Crippen molar-refractivity contribution in [1.82, 2.24) is 20.2 Å². The predicted octanol–water partition coefficient (Wildman–Crippen LogP) is 3.82. The molecular formula is C24H27N5O3. The number of rotatable bonds is 6. The van der Waals surface area contributed by atoms with Crippen LogP contribution in [-0.4, -0.2) is 53.1 Å². The van der Waals surface area contributed by atoms with Crippen molar-refractivity contribution in [3.63, 3.8) is 0 Å². The number of aromatic nitrogens is 2. The first-order chi connectivity index (χ1) is 15.6. The van der Waals surface area contributed by atoms with E-state index in [2.05, 4.69) is 20.6 Å². The first-order valence-corrected chi connectivity index (χ1v) is 10.8. The molecule has 1 aliphatic heterocycles. The molecule has 8 nitrogen and oxygen atoms in total. The smallest absolute Gasteiger partial charge is 0.319 e. The van der Waals surface area contributed by atoms with E-state index in [4.69, 9.17) is 4.74 Å². The minimum Gasteiger partial charge on any atom is -0.378 e. The highest BCUT2D eigenvalue weighted by Gasteiger charge is 2.19. The van der Waals surface area contributed by atoms with Gasteiger partial charge in [-0.3, -0.25) is 4.79 Å². The number of nitrogens with zero attached hydrogens (tertiary/aromatic N) is 2. The van der Waals surface area contributed by atoms with Gasteiger partial charge < -0.3 is 25.3 Å². The van der Waals surface area contributed by atoms with Crippen LogP contribution in [0.25, 0.3) is 11.3 Å². The van der Waals surface area contributed by atoms with Crippen molar-refractivity contribution < 1.29 is 14.3 Å². The molecule has 0 spiro atoms. The van der Waals surface area contributed by atoms with Gasteiger partial charge in [0, 0.05) is 24.3 Å². The fourth-order valence-corrected chi connectivity index (χ4v) is 3.61. The minimum atomic E-state index is -0.332. The summed E-state index contributed by atoms with van der Waals surface area (Å²) >= 11 is 0. The van der Waals surface area contributed by atoms with Gasteiger partial charge in [0.2, 0.25) is 0 Å². The Labute approximate surface area is 187 Å². The molecular weight excluding hydrogens is 406 g/mol. The quantitative estimate of drug-likeness (QED) is 0.550. The SMILES string of the molecule is CC[C@H](NC(=O)Nc1ccc(C(=O)N2CCOCC2)cc1)c1ncc(-c2ccccc2)[nH]1. The average molecular weight is 434 g/mol. The molecule has 32 heavy (non-hydrogen) atoms. The molecule has 1 fully saturated rings. The Kier molecular flexibility index (Phi) is 6.81. The van der Waals surface area contributed by atoms with Crippen LogP contribution < -0.4 is 10.6 Å². The normalized spacial score (nSPS) is 14.6. The van der Waals surface area contributed by atoms with E-state index in [1.165, 1.54) is 0 Å². The Morgan fingerprint density at radius 1 is 1.09 bits per heavy atom. The Hall–Kier alpha value is -3.65. The van der Waals surface area contributed by atoms with E-state index in [1.54, 1.807) is 35.4 Å². The third kappa shape index (κ3) is 5.15. The molecule has 0 aliphatic carbocycles. The largest absolute Gasteiger partial charge is 0.378 e. The third-order valence-electron chi connectivity index (χ3n) is 5.41. The number of aromatic amines is 1. The molecule has 2 heterocycles. The molecule has 166 valence electrons. The fourth-order valence-electron chi connectivity index (χ4n) is 3.61. The summed E-state index contributed by atoms with van der Waals surface area (Å²) in [4.78, 5) is 34.6. The van der Waals surface area contributed by atoms with Gasteiger partial charge in [-0.05, 0) is 36.2 Å². The monoisotopic (exact) mass is 433 g/mol. The van der Waals surface area contributed by atoms with Crippen LogP contribution in [0.15, 0.2) is 60.8 Å². The topological polar surface area (TPSA) is 99.3 Å². The van der Waals surface area contributed by atoms with E-state index >= 15 is 0 Å². The summed E-state index contributed by atoms with van der Waals surface area (Å²) < 4.78 is 5.29. The van der Waals surface area contributed by atoms with Crippen LogP contribution in [0.5, 0.6) is 0 Å². The second-order valence-electron chi connectivity index (χ2n) is 7.59. The van der Waals surface area contributed by atoms with Crippen LogP contribution in [0.1, 0.15) is 35.6 Å². The predicted molar refractivity (Wildman–Crippen MR) is 122 cm³/mol. The summed E-state index contributed by atoms with van der Waals surface area (Å²) in [6.07, 6.45) is 2.46. The zero-order valence-electron chi connectivity index (χ0n) is 18.0. The zero-order chi connectivity index (χ0) is 22.3. The summed E-state index contributed by atoms with van der Waals surface area (Å²) in [6.45, 7) is 4.30. The number of amides is 3. The molecule has 1 saturated heterocycles. The number of morpholine rings is 1. The van der Waals surface area contributed by atoms with Gasteiger partial charge in [-0.1, -0.05) is 37.3 Å². The molecule has 0 radical (unpaired) electrons. The highest BCUT2D eigenvalue weighted by molar-refractivity contribution is 5.95. The number of urea groups is 1. The number of benzene rings is 2. The summed E-state index contributed by atoms with van der Waals surface area (Å²) in [7, 11) is 0. The molecule has 0 bridgehead atoms. The van der Waals surface area contributed by atoms with Crippen LogP contribution in [0.3, 0.4) is 0 Å². The van der Waals surface area contributed by atoms with E-state index in [9.17, 15) is 9.59 Å². The second-order valence-corrected chi connectivity index (χ2v) is 7.59. The summed E-state index contributed by atoms with van der Waals surface area (Å²) in [5, 5.41) is 5.78. The van der Waals surface area contributed by atoms with Gasteiger partial charge in [0.1, 0.15) is 5.82 Å². The molecule has 8 heteroatoms. The first-order valence-electron chi connectivity index (χ1n) is 10.8. The average Bonchev–Trinajstić information content (AvgIpc) is 3.34. The first kappa shape index (κ1) is 21.6. The van der Waals surface area contributed by atoms with Crippen molar-refractivity contribution in [2.45, 2.75) is 19.4 Å². The molecule has 1 atom stereocenters. The van der Waals surface area contributed by atoms with Gasteiger partial charge in [0.25, 0.3) is 5.91 Å². The van der Waals surface area contributed by atoms with E-state index in [0.29, 0.717) is 49.8 Å². The summed E-state index contributed by atoms with van der Waals surface area (Å²) in [5.74, 6) is 0.676. The number of imidazole rings is 1. The van der Waals surface area contributed by atoms with E-state index < -0.39 is 0 Å². The fraction of sp³-hybridized carbons (Fsp3) is 0.292. The van der Waals surface area contributed by atoms with Gasteiger partial charge >= 0.3 is 6.03 Å². The van der Waals surface area contributed by atoms with Crippen LogP contribution in [0.4, 0.5) is 10.5 Å². The van der Waals surface area contributed by atoms with Crippen LogP contribution in [0.2, 0.25) is 0 Å². The van der Waals surface area contributed by atoms with E-state index in [-0.39, 0.29) is 18.0 Å². The van der Waals surface area contributed by atoms with Crippen molar-refractivity contribution in [2.75, 3.05) is 31.6 Å². The molecule has 3 N–H and O–H groups in total. The van der Waals surface area contributed by atoms with Crippen LogP contribution in [0, 0.1) is 0 Å². The van der Waals surface area contributed by atoms with Crippen molar-refractivity contribution in [3.05, 3.63) is 72.2 Å². The molecule has 1 aliphatic rings. The number of H-pyrrole nitrogens is 1. The maximum Gasteiger partial charge on any atom is 0.319 e. The number of ether oxygens (including phenoxy) is 1. The highest BCUT2D eigenvalue weighted by Crippen LogP contribution is 2.21. The Bertz CT molecular complexity index is 1040. The van der Waals surface area contributed by atoms with Crippen molar-refractivity contribution >= 4 is 17.6 Å². The lowest BCUT2D eigenvalue weighted by molar-refractivity contribution is 0.0303. The van der Waals surface area contributed by atoms with Gasteiger partial charge in [-0.25, -0.2) is 9.78 Å². The van der Waals surface area contributed by atoms with Gasteiger partial charge in [-0.15, -0.1) is 0 Å². The van der Waals surface area contributed by atoms with Crippen LogP contribution in [-0.2, 0) is 4.74 Å². The highest BCUT2D eigenvalue weighted by atomic mass is 16.5. The Morgan fingerprint density at radius 3 is 2.50 bits per heavy atom. The second kappa shape index (κ2) is 10.1. The third-order valence-corrected chi connectivity index (χ3v) is 5.41. The van der Waals surface area contributed by atoms with Gasteiger partial charge in [-0.2, -0.15) is 0 Å². The standard InChI is InChI=1S/C24H27N5O3/c1-2-20(22-25-16-21(27-22)17-6-4-3-5-7-17)28-24(31)26-19-10-8-18(9-11-19)23(30)29-12-14-32-15-13-29/h3-11,16,20H,2,12-15H2,1H3,(H,25,27)(H2,26,28,31)/t20-/m0/s1. The molecule has 2 aromatic carbocycles. The number of carbonyl (C=O) groups excluding carboxylic acids is 2. The van der Waals surface area contributed by atoms with Crippen LogP contribution >= 0.6 is 0 Å². The molecule has 1 aromatic heterocycles. The number of hydrogen-bond donors (Lipinski definition) is 3. The number of nitrogens with one attached hydrogen (secondary N) is 3. The summed E-state index contributed by atoms with van der Waals surface area (Å²) in [5.41, 5.74) is 3.15. The Balaban J connectivity index is 1.35. The molecule has 3 aromatic rings. The lowest BCUT2D eigenvalue weighted by Gasteiger charge is -2.26. The number of anilines is 1. The Morgan fingerprint density at radius 2 is 1.81 bits per heavy atom. The number of carbonyl (C=O) groups is 2. The molecule has 0 saturated carbocycles. The maximum absolute atomic E-state index is 12.5. The van der Waals surface area contributed by atoms with E-state index in [0.717, 1.165) is 11.3 Å². The molecule has 3 amide bonds. The minimum absolute atomic E-state index is 0.0256. The van der Waals surface area contributed by atoms with Crippen molar-refractivity contribution in [3.8, 4) is 11.3 Å². The lowest BCUT2D eigenvalue weighted by atomic mass is 10.1. The molecule has 4 rings (SSSR count). The maximum atomic E-state index is 12.5. The number of hydrogen-bond acceptors (Lipinski definition) is 4.